The Labute approximate surface area is 117 Å². The van der Waals surface area contributed by atoms with Gasteiger partial charge < -0.3 is 20.1 Å². The number of nitrogens with zero attached hydrogens (tertiary/aromatic N) is 1. The van der Waals surface area contributed by atoms with Crippen LogP contribution in [0.1, 0.15) is 19.8 Å². The zero-order valence-electron chi connectivity index (χ0n) is 11.3. The number of urea groups is 1. The Morgan fingerprint density at radius 1 is 1.50 bits per heavy atom. The third kappa shape index (κ3) is 3.20. The largest absolute Gasteiger partial charge is 0.494 e. The summed E-state index contributed by atoms with van der Waals surface area (Å²) in [5.74, 6) is -0.290. The predicted molar refractivity (Wildman–Crippen MR) is 74.0 cm³/mol. The van der Waals surface area contributed by atoms with E-state index in [1.54, 1.807) is 24.3 Å². The van der Waals surface area contributed by atoms with Crippen molar-refractivity contribution in [1.29, 1.82) is 0 Å². The van der Waals surface area contributed by atoms with Gasteiger partial charge in [0.2, 0.25) is 0 Å². The standard InChI is InChI=1S/C14H18N2O4/c1-2-20-11-6-3-5-10(9-11)15-14(19)16-8-4-7-12(16)13(17)18/h3,5-6,9,12H,2,4,7-8H2,1H3,(H,15,19)(H,17,18)/t12-/m1/s1. The van der Waals surface area contributed by atoms with E-state index in [-0.39, 0.29) is 6.03 Å². The normalized spacial score (nSPS) is 17.9. The van der Waals surface area contributed by atoms with Crippen molar-refractivity contribution in [2.24, 2.45) is 0 Å². The highest BCUT2D eigenvalue weighted by Gasteiger charge is 2.33. The molecule has 2 N–H and O–H groups in total. The minimum atomic E-state index is -0.958. The molecule has 0 bridgehead atoms. The van der Waals surface area contributed by atoms with Gasteiger partial charge in [-0.3, -0.25) is 0 Å². The number of carbonyl (C=O) groups is 2. The average Bonchev–Trinajstić information content (AvgIpc) is 2.89. The van der Waals surface area contributed by atoms with Crippen LogP contribution in [0.15, 0.2) is 24.3 Å². The number of hydrogen-bond donors (Lipinski definition) is 2. The molecule has 1 aliphatic heterocycles. The molecule has 0 aliphatic carbocycles. The zero-order valence-corrected chi connectivity index (χ0v) is 11.3. The van der Waals surface area contributed by atoms with Crippen LogP contribution in [0.5, 0.6) is 5.75 Å². The van der Waals surface area contributed by atoms with Crippen LogP contribution in [0, 0.1) is 0 Å². The van der Waals surface area contributed by atoms with Crippen LogP contribution in [-0.2, 0) is 4.79 Å². The van der Waals surface area contributed by atoms with Crippen molar-refractivity contribution in [2.75, 3.05) is 18.5 Å². The molecule has 0 spiro atoms. The summed E-state index contributed by atoms with van der Waals surface area (Å²) in [5.41, 5.74) is 0.594. The van der Waals surface area contributed by atoms with E-state index in [1.807, 2.05) is 6.92 Å². The number of ether oxygens (including phenoxy) is 1. The Morgan fingerprint density at radius 2 is 2.30 bits per heavy atom. The number of benzene rings is 1. The lowest BCUT2D eigenvalue weighted by Crippen LogP contribution is -2.42. The first-order chi connectivity index (χ1) is 9.61. The number of carboxylic acids is 1. The van der Waals surface area contributed by atoms with Crippen LogP contribution in [0.4, 0.5) is 10.5 Å². The molecule has 1 atom stereocenters. The Kier molecular flexibility index (Phi) is 4.45. The minimum Gasteiger partial charge on any atom is -0.494 e. The fourth-order valence-corrected chi connectivity index (χ4v) is 2.29. The predicted octanol–water partition coefficient (Wildman–Crippen LogP) is 2.17. The van der Waals surface area contributed by atoms with E-state index >= 15 is 0 Å². The van der Waals surface area contributed by atoms with Crippen LogP contribution >= 0.6 is 0 Å². The number of nitrogens with one attached hydrogen (secondary N) is 1. The summed E-state index contributed by atoms with van der Waals surface area (Å²) < 4.78 is 5.35. The maximum Gasteiger partial charge on any atom is 0.326 e. The summed E-state index contributed by atoms with van der Waals surface area (Å²) in [5, 5.41) is 11.8. The van der Waals surface area contributed by atoms with Gasteiger partial charge >= 0.3 is 12.0 Å². The molecule has 1 aromatic rings. The molecule has 1 fully saturated rings. The van der Waals surface area contributed by atoms with E-state index in [4.69, 9.17) is 9.84 Å². The number of carboxylic acid groups (broad SMARTS) is 1. The molecule has 0 aromatic heterocycles. The van der Waals surface area contributed by atoms with Crippen molar-refractivity contribution in [2.45, 2.75) is 25.8 Å². The lowest BCUT2D eigenvalue weighted by molar-refractivity contribution is -0.141. The number of anilines is 1. The Bertz CT molecular complexity index is 504. The summed E-state index contributed by atoms with van der Waals surface area (Å²) in [4.78, 5) is 24.5. The van der Waals surface area contributed by atoms with Crippen molar-refractivity contribution in [3.63, 3.8) is 0 Å². The molecule has 2 amide bonds. The minimum absolute atomic E-state index is 0.386. The van der Waals surface area contributed by atoms with E-state index in [0.29, 0.717) is 37.4 Å². The smallest absolute Gasteiger partial charge is 0.326 e. The summed E-state index contributed by atoms with van der Waals surface area (Å²) in [7, 11) is 0. The van der Waals surface area contributed by atoms with Gasteiger partial charge in [-0.15, -0.1) is 0 Å². The van der Waals surface area contributed by atoms with Crippen molar-refractivity contribution < 1.29 is 19.4 Å². The quantitative estimate of drug-likeness (QED) is 0.884. The van der Waals surface area contributed by atoms with Gasteiger partial charge in [0.25, 0.3) is 0 Å². The summed E-state index contributed by atoms with van der Waals surface area (Å²) in [6.07, 6.45) is 1.21. The third-order valence-corrected chi connectivity index (χ3v) is 3.20. The van der Waals surface area contributed by atoms with Crippen LogP contribution in [0.3, 0.4) is 0 Å². The number of hydrogen-bond acceptors (Lipinski definition) is 3. The third-order valence-electron chi connectivity index (χ3n) is 3.20. The molecule has 6 heteroatoms. The maximum absolute atomic E-state index is 12.1. The fraction of sp³-hybridized carbons (Fsp3) is 0.429. The van der Waals surface area contributed by atoms with E-state index in [1.165, 1.54) is 4.90 Å². The van der Waals surface area contributed by atoms with Gasteiger partial charge in [0.15, 0.2) is 0 Å². The molecule has 20 heavy (non-hydrogen) atoms. The van der Waals surface area contributed by atoms with E-state index in [9.17, 15) is 9.59 Å². The van der Waals surface area contributed by atoms with Gasteiger partial charge in [-0.05, 0) is 31.9 Å². The first-order valence-electron chi connectivity index (χ1n) is 6.65. The average molecular weight is 278 g/mol. The van der Waals surface area contributed by atoms with E-state index < -0.39 is 12.0 Å². The molecule has 1 saturated heterocycles. The molecule has 1 heterocycles. The van der Waals surface area contributed by atoms with Crippen molar-refractivity contribution >= 4 is 17.7 Å². The summed E-state index contributed by atoms with van der Waals surface area (Å²) in [6.45, 7) is 2.89. The van der Waals surface area contributed by atoms with Gasteiger partial charge in [-0.25, -0.2) is 9.59 Å². The zero-order chi connectivity index (χ0) is 14.5. The van der Waals surface area contributed by atoms with Gasteiger partial charge in [0.1, 0.15) is 11.8 Å². The van der Waals surface area contributed by atoms with Crippen molar-refractivity contribution in [1.82, 2.24) is 4.90 Å². The van der Waals surface area contributed by atoms with Gasteiger partial charge in [0, 0.05) is 18.3 Å². The second-order valence-electron chi connectivity index (χ2n) is 4.58. The Hall–Kier alpha value is -2.24. The topological polar surface area (TPSA) is 78.9 Å². The van der Waals surface area contributed by atoms with Crippen molar-refractivity contribution in [3.8, 4) is 5.75 Å². The maximum atomic E-state index is 12.1. The summed E-state index contributed by atoms with van der Waals surface area (Å²) >= 11 is 0. The fourth-order valence-electron chi connectivity index (χ4n) is 2.29. The number of likely N-dealkylation sites (tertiary alicyclic amines) is 1. The Morgan fingerprint density at radius 3 is 3.00 bits per heavy atom. The molecule has 1 aliphatic rings. The second kappa shape index (κ2) is 6.27. The highest BCUT2D eigenvalue weighted by Crippen LogP contribution is 2.21. The first-order valence-corrected chi connectivity index (χ1v) is 6.65. The van der Waals surface area contributed by atoms with Crippen LogP contribution in [0.2, 0.25) is 0 Å². The monoisotopic (exact) mass is 278 g/mol. The lowest BCUT2D eigenvalue weighted by atomic mass is 10.2. The lowest BCUT2D eigenvalue weighted by Gasteiger charge is -2.21. The Balaban J connectivity index is 2.04. The van der Waals surface area contributed by atoms with Gasteiger partial charge in [-0.2, -0.15) is 0 Å². The number of rotatable bonds is 4. The molecule has 0 saturated carbocycles. The molecule has 0 radical (unpaired) electrons. The summed E-state index contributed by atoms with van der Waals surface area (Å²) in [6, 6.07) is 5.92. The molecule has 1 aromatic carbocycles. The SMILES string of the molecule is CCOc1cccc(NC(=O)N2CCC[C@@H]2C(=O)O)c1. The first kappa shape index (κ1) is 14.2. The molecular weight excluding hydrogens is 260 g/mol. The highest BCUT2D eigenvalue weighted by molar-refractivity contribution is 5.92. The molecule has 0 unspecified atom stereocenters. The number of amides is 2. The number of aliphatic carboxylic acids is 1. The van der Waals surface area contributed by atoms with Gasteiger partial charge in [-0.1, -0.05) is 6.07 Å². The van der Waals surface area contributed by atoms with E-state index in [0.717, 1.165) is 0 Å². The molecule has 2 rings (SSSR count). The van der Waals surface area contributed by atoms with Crippen LogP contribution < -0.4 is 10.1 Å². The molecule has 108 valence electrons. The highest BCUT2D eigenvalue weighted by atomic mass is 16.5. The second-order valence-corrected chi connectivity index (χ2v) is 4.58. The molecular formula is C14H18N2O4. The number of carbonyl (C=O) groups excluding carboxylic acids is 1. The van der Waals surface area contributed by atoms with Crippen molar-refractivity contribution in [3.05, 3.63) is 24.3 Å². The van der Waals surface area contributed by atoms with Gasteiger partial charge in [0.05, 0.1) is 6.61 Å². The van der Waals surface area contributed by atoms with E-state index in [2.05, 4.69) is 5.32 Å². The molecule has 6 nitrogen and oxygen atoms in total. The van der Waals surface area contributed by atoms with Crippen LogP contribution in [-0.4, -0.2) is 41.2 Å². The van der Waals surface area contributed by atoms with Crippen LogP contribution in [0.25, 0.3) is 0 Å².